The Balaban J connectivity index is 0.629. The molecule has 4 aromatic heterocycles. The summed E-state index contributed by atoms with van der Waals surface area (Å²) in [5.41, 5.74) is 23.7. The largest absolute Gasteiger partial charge is 0.291 e. The summed E-state index contributed by atoms with van der Waals surface area (Å²) in [6, 6.07) is 134. The predicted molar refractivity (Wildman–Crippen MR) is 458 cm³/mol. The highest BCUT2D eigenvalue weighted by molar-refractivity contribution is 6.24. The molecule has 7 nitrogen and oxygen atoms in total. The second-order valence-corrected chi connectivity index (χ2v) is 28.7. The van der Waals surface area contributed by atoms with Gasteiger partial charge in [-0.15, -0.1) is 0 Å². The molecule has 0 unspecified atom stereocenters. The highest BCUT2D eigenvalue weighted by Gasteiger charge is 2.24. The van der Waals surface area contributed by atoms with Crippen LogP contribution in [0.15, 0.2) is 383 Å². The topological polar surface area (TPSA) is 74.3 Å². The third kappa shape index (κ3) is 10.5. The first-order valence-electron chi connectivity index (χ1n) is 37.4. The van der Waals surface area contributed by atoms with Gasteiger partial charge in [-0.1, -0.05) is 279 Å². The molecule has 0 aliphatic heterocycles. The highest BCUT2D eigenvalue weighted by atomic mass is 15.1. The smallest absolute Gasteiger partial charge is 0.178 e. The molecule has 22 rings (SSSR count). The van der Waals surface area contributed by atoms with Crippen LogP contribution in [0.5, 0.6) is 0 Å². The number of rotatable bonds is 11. The number of pyridine rings is 1. The summed E-state index contributed by atoms with van der Waals surface area (Å²) >= 11 is 0. The van der Waals surface area contributed by atoms with Gasteiger partial charge in [0.2, 0.25) is 0 Å². The Morgan fingerprint density at radius 2 is 0.564 bits per heavy atom. The molecule has 0 N–H and O–H groups in total. The molecule has 0 aliphatic carbocycles. The fourth-order valence-corrected chi connectivity index (χ4v) is 17.2. The SMILES string of the molecule is c1ccc(-c2nc3ncccc3n2-c2ccc(-c3ccc4c(-c5ccc6ccccc6c5)c5ccccc5c(-c5ccc6cc(-c7ccc8cc(-c9c%10ccccc%10c(-c%10ccc%11ccccc%11c%10)c%10cc(-c%11ccc(-n%12c(-c%13ccccc%13)nc%13cncnc%13%12)cc%11)ccc9%10)ccc8c7)ccc6c5)c4c3)cc2)cc1. The van der Waals surface area contributed by atoms with Crippen LogP contribution in [0.25, 0.3) is 221 Å². The number of benzene rings is 18. The quantitative estimate of drug-likeness (QED) is 0.121. The number of imidazole rings is 2. The summed E-state index contributed by atoms with van der Waals surface area (Å²) < 4.78 is 4.35. The van der Waals surface area contributed by atoms with Gasteiger partial charge in [-0.05, 0) is 249 Å². The molecule has 0 amide bonds. The van der Waals surface area contributed by atoms with Crippen LogP contribution < -0.4 is 0 Å². The van der Waals surface area contributed by atoms with Crippen molar-refractivity contribution in [3.05, 3.63) is 383 Å². The lowest BCUT2D eigenvalue weighted by atomic mass is 9.84. The van der Waals surface area contributed by atoms with Crippen LogP contribution in [0.2, 0.25) is 0 Å². The van der Waals surface area contributed by atoms with E-state index in [1.54, 1.807) is 12.5 Å². The molecule has 0 bridgehead atoms. The fourth-order valence-electron chi connectivity index (χ4n) is 17.2. The molecule has 0 fully saturated rings. The molecule has 110 heavy (non-hydrogen) atoms. The third-order valence-corrected chi connectivity index (χ3v) is 22.5. The van der Waals surface area contributed by atoms with E-state index < -0.39 is 0 Å². The Kier molecular flexibility index (Phi) is 14.5. The van der Waals surface area contributed by atoms with Gasteiger partial charge in [-0.3, -0.25) is 9.13 Å². The van der Waals surface area contributed by atoms with E-state index in [2.05, 4.69) is 353 Å². The molecule has 510 valence electrons. The maximum Gasteiger partial charge on any atom is 0.178 e. The number of aromatic nitrogens is 7. The van der Waals surface area contributed by atoms with Crippen molar-refractivity contribution >= 4 is 109 Å². The molecule has 0 aliphatic rings. The minimum atomic E-state index is 0.716. The summed E-state index contributed by atoms with van der Waals surface area (Å²) in [7, 11) is 0. The number of nitrogens with zero attached hydrogens (tertiary/aromatic N) is 7. The Morgan fingerprint density at radius 1 is 0.218 bits per heavy atom. The lowest BCUT2D eigenvalue weighted by Gasteiger charge is -2.19. The summed E-state index contributed by atoms with van der Waals surface area (Å²) in [5.74, 6) is 1.68. The van der Waals surface area contributed by atoms with Crippen LogP contribution in [0.3, 0.4) is 0 Å². The molecular weight excluding hydrogens is 1340 g/mol. The Bertz CT molecular complexity index is 7510. The van der Waals surface area contributed by atoms with E-state index in [9.17, 15) is 0 Å². The zero-order chi connectivity index (χ0) is 72.3. The molecule has 22 aromatic rings. The second-order valence-electron chi connectivity index (χ2n) is 28.7. The van der Waals surface area contributed by atoms with E-state index >= 15 is 0 Å². The van der Waals surface area contributed by atoms with Gasteiger partial charge in [0.25, 0.3) is 0 Å². The molecule has 7 heteroatoms. The zero-order valence-electron chi connectivity index (χ0n) is 59.5. The average Bonchev–Trinajstić information content (AvgIpc) is 1.19. The standard InChI is InChI=1S/C103H63N7/c1-3-18-68(19-4-1)101-107-94-62-104-63-106-103(94)110(101)85-49-43-67(44-50-85)79-46-52-91-92(61-79)98(82-38-30-65-17-8-10-23-71(65)57-82)88-26-13-12-25-87(88)97(91)81-39-35-74-54-72(31-33-76(74)58-81)73-32-34-77-59-83(40-36-75(77)55-73)99-89-27-14-11-24-86(89)96(80-37-29-64-16-7-9-22-70(64)56-80)90-51-45-78(60-93(90)99)66-41-47-84(48-42-66)109-95-28-15-53-105-100(95)108-102(109)69-20-5-2-6-21-69/h1-63H. The van der Waals surface area contributed by atoms with Gasteiger partial charge in [0.05, 0.1) is 11.7 Å². The molecule has 0 radical (unpaired) electrons. The van der Waals surface area contributed by atoms with Gasteiger partial charge in [-0.25, -0.2) is 24.9 Å². The molecule has 0 spiro atoms. The van der Waals surface area contributed by atoms with Crippen molar-refractivity contribution in [2.75, 3.05) is 0 Å². The fraction of sp³-hybridized carbons (Fsp3) is 0. The van der Waals surface area contributed by atoms with Crippen LogP contribution in [0.4, 0.5) is 0 Å². The molecule has 4 heterocycles. The van der Waals surface area contributed by atoms with Crippen molar-refractivity contribution in [1.82, 2.24) is 34.1 Å². The summed E-state index contributed by atoms with van der Waals surface area (Å²) in [6.45, 7) is 0. The summed E-state index contributed by atoms with van der Waals surface area (Å²) in [6.07, 6.45) is 5.19. The Hall–Kier alpha value is -14.8. The normalized spacial score (nSPS) is 11.8. The first-order chi connectivity index (χ1) is 54.5. The lowest BCUT2D eigenvalue weighted by molar-refractivity contribution is 1.07. The van der Waals surface area contributed by atoms with Gasteiger partial charge >= 0.3 is 0 Å². The van der Waals surface area contributed by atoms with Crippen LogP contribution >= 0.6 is 0 Å². The summed E-state index contributed by atoms with van der Waals surface area (Å²) in [4.78, 5) is 23.8. The second kappa shape index (κ2) is 25.5. The van der Waals surface area contributed by atoms with Crippen LogP contribution in [0.1, 0.15) is 0 Å². The molecule has 0 saturated heterocycles. The number of hydrogen-bond acceptors (Lipinski definition) is 5. The monoisotopic (exact) mass is 1400 g/mol. The molecule has 0 atom stereocenters. The average molecular weight is 1400 g/mol. The number of fused-ring (bicyclic) bond motifs is 10. The Labute approximate surface area is 633 Å². The van der Waals surface area contributed by atoms with Crippen molar-refractivity contribution in [2.24, 2.45) is 0 Å². The van der Waals surface area contributed by atoms with E-state index in [0.29, 0.717) is 5.65 Å². The maximum absolute atomic E-state index is 5.04. The molecule has 0 saturated carbocycles. The van der Waals surface area contributed by atoms with E-state index in [0.717, 1.165) is 73.1 Å². The van der Waals surface area contributed by atoms with Gasteiger partial charge in [0.15, 0.2) is 11.3 Å². The first-order valence-corrected chi connectivity index (χ1v) is 37.4. The van der Waals surface area contributed by atoms with E-state index in [-0.39, 0.29) is 0 Å². The van der Waals surface area contributed by atoms with Crippen molar-refractivity contribution < 1.29 is 0 Å². The zero-order valence-corrected chi connectivity index (χ0v) is 59.5. The van der Waals surface area contributed by atoms with E-state index in [4.69, 9.17) is 15.0 Å². The van der Waals surface area contributed by atoms with Crippen LogP contribution in [-0.4, -0.2) is 34.1 Å². The van der Waals surface area contributed by atoms with Crippen LogP contribution in [-0.2, 0) is 0 Å². The van der Waals surface area contributed by atoms with E-state index in [1.165, 1.54) is 142 Å². The lowest BCUT2D eigenvalue weighted by Crippen LogP contribution is -1.99. The summed E-state index contributed by atoms with van der Waals surface area (Å²) in [5, 5.41) is 19.2. The number of hydrogen-bond donors (Lipinski definition) is 0. The van der Waals surface area contributed by atoms with Gasteiger partial charge in [0.1, 0.15) is 23.5 Å². The van der Waals surface area contributed by atoms with Gasteiger partial charge in [0, 0.05) is 28.7 Å². The van der Waals surface area contributed by atoms with Crippen molar-refractivity contribution in [1.29, 1.82) is 0 Å². The predicted octanol–water partition coefficient (Wildman–Crippen LogP) is 26.8. The van der Waals surface area contributed by atoms with E-state index in [1.807, 2.05) is 36.5 Å². The first kappa shape index (κ1) is 62.6. The third-order valence-electron chi connectivity index (χ3n) is 22.5. The highest BCUT2D eigenvalue weighted by Crippen LogP contribution is 2.49. The minimum Gasteiger partial charge on any atom is -0.291 e. The molecule has 18 aromatic carbocycles. The Morgan fingerprint density at radius 3 is 1.04 bits per heavy atom. The minimum absolute atomic E-state index is 0.716. The van der Waals surface area contributed by atoms with Gasteiger partial charge in [-0.2, -0.15) is 0 Å². The van der Waals surface area contributed by atoms with Gasteiger partial charge < -0.3 is 0 Å². The van der Waals surface area contributed by atoms with Crippen molar-refractivity contribution in [2.45, 2.75) is 0 Å². The van der Waals surface area contributed by atoms with Crippen molar-refractivity contribution in [3.8, 4) is 112 Å². The van der Waals surface area contributed by atoms with Crippen LogP contribution in [0, 0.1) is 0 Å². The maximum atomic E-state index is 5.04. The van der Waals surface area contributed by atoms with Crippen molar-refractivity contribution in [3.63, 3.8) is 0 Å². The molecular formula is C103H63N7.